The number of hydrogen-bond acceptors (Lipinski definition) is 3. The first-order chi connectivity index (χ1) is 14.0. The molecule has 0 amide bonds. The Hall–Kier alpha value is -0.670. The number of fused-ring (bicyclic) bond motifs is 5. The summed E-state index contributed by atoms with van der Waals surface area (Å²) in [6.07, 6.45) is 16.2. The van der Waals surface area contributed by atoms with Crippen LogP contribution in [0.25, 0.3) is 0 Å². The normalized spacial score (nSPS) is 46.3. The second-order valence-corrected chi connectivity index (χ2v) is 11.4. The summed E-state index contributed by atoms with van der Waals surface area (Å²) in [5, 5.41) is 10.2. The zero-order valence-corrected chi connectivity index (χ0v) is 18.8. The molecule has 1 saturated heterocycles. The van der Waals surface area contributed by atoms with Crippen molar-refractivity contribution in [2.24, 2.45) is 33.6 Å². The van der Waals surface area contributed by atoms with Gasteiger partial charge in [0.1, 0.15) is 0 Å². The Morgan fingerprint density at radius 2 is 1.83 bits per heavy atom. The van der Waals surface area contributed by atoms with Gasteiger partial charge >= 0.3 is 0 Å². The van der Waals surface area contributed by atoms with Gasteiger partial charge < -0.3 is 10.0 Å². The molecule has 1 heterocycles. The van der Waals surface area contributed by atoms with Gasteiger partial charge in [0.2, 0.25) is 0 Å². The minimum Gasteiger partial charge on any atom is -0.393 e. The van der Waals surface area contributed by atoms with E-state index < -0.39 is 0 Å². The molecule has 162 valence electrons. The fourth-order valence-electron chi connectivity index (χ4n) is 8.20. The predicted molar refractivity (Wildman–Crippen MR) is 120 cm³/mol. The van der Waals surface area contributed by atoms with Crippen LogP contribution < -0.4 is 0 Å². The lowest BCUT2D eigenvalue weighted by Crippen LogP contribution is -2.50. The van der Waals surface area contributed by atoms with Gasteiger partial charge in [-0.25, -0.2) is 0 Å². The minimum absolute atomic E-state index is 0.0921. The molecule has 1 aliphatic heterocycles. The smallest absolute Gasteiger partial charge is 0.0577 e. The summed E-state index contributed by atoms with van der Waals surface area (Å²) < 4.78 is 0. The van der Waals surface area contributed by atoms with Gasteiger partial charge in [0.25, 0.3) is 0 Å². The highest BCUT2D eigenvalue weighted by molar-refractivity contribution is 5.92. The summed E-state index contributed by atoms with van der Waals surface area (Å²) >= 11 is 0. The monoisotopic (exact) mass is 398 g/mol. The molecular formula is C26H42N2O. The van der Waals surface area contributed by atoms with Gasteiger partial charge in [-0.2, -0.15) is 0 Å². The van der Waals surface area contributed by atoms with Crippen molar-refractivity contribution < 1.29 is 5.11 Å². The average molecular weight is 399 g/mol. The number of aliphatic imine (C=N–C) groups is 1. The lowest BCUT2D eigenvalue weighted by Gasteiger charge is -2.57. The Balaban J connectivity index is 1.27. The molecule has 1 N–H and O–H groups in total. The largest absolute Gasteiger partial charge is 0.393 e. The van der Waals surface area contributed by atoms with Crippen molar-refractivity contribution in [3.8, 4) is 0 Å². The van der Waals surface area contributed by atoms with Crippen LogP contribution in [0.15, 0.2) is 16.6 Å². The molecule has 4 fully saturated rings. The van der Waals surface area contributed by atoms with Crippen LogP contribution in [0.5, 0.6) is 0 Å². The van der Waals surface area contributed by atoms with Crippen LogP contribution in [-0.2, 0) is 0 Å². The van der Waals surface area contributed by atoms with Gasteiger partial charge in [-0.1, -0.05) is 25.5 Å². The van der Waals surface area contributed by atoms with E-state index in [2.05, 4.69) is 24.8 Å². The number of hydrogen-bond donors (Lipinski definition) is 1. The molecular weight excluding hydrogens is 356 g/mol. The Morgan fingerprint density at radius 1 is 1.07 bits per heavy atom. The molecule has 0 aromatic rings. The fraction of sp³-hybridized carbons (Fsp3) is 0.885. The SMILES string of the molecule is C[C@]12CC[C@H](O)CC1=CC[C@@H]1[C@@H]2CC[C@]2(C)C(=NCCCN3CCCC3)CC[C@@H]12. The molecule has 0 aromatic carbocycles. The quantitative estimate of drug-likeness (QED) is 0.519. The number of nitrogens with zero attached hydrogens (tertiary/aromatic N) is 2. The first-order valence-corrected chi connectivity index (χ1v) is 12.6. The summed E-state index contributed by atoms with van der Waals surface area (Å²) in [5.74, 6) is 2.51. The number of likely N-dealkylation sites (tertiary alicyclic amines) is 1. The molecule has 5 rings (SSSR count). The van der Waals surface area contributed by atoms with Gasteiger partial charge in [0.15, 0.2) is 0 Å². The van der Waals surface area contributed by atoms with Crippen LogP contribution in [-0.4, -0.2) is 48.0 Å². The maximum Gasteiger partial charge on any atom is 0.0577 e. The maximum atomic E-state index is 10.2. The van der Waals surface area contributed by atoms with Crippen LogP contribution in [0.4, 0.5) is 0 Å². The van der Waals surface area contributed by atoms with E-state index in [9.17, 15) is 5.11 Å². The lowest BCUT2D eigenvalue weighted by atomic mass is 9.48. The Bertz CT molecular complexity index is 678. The highest BCUT2D eigenvalue weighted by atomic mass is 16.3. The van der Waals surface area contributed by atoms with E-state index in [-0.39, 0.29) is 6.10 Å². The highest BCUT2D eigenvalue weighted by Crippen LogP contribution is 2.64. The third kappa shape index (κ3) is 3.45. The molecule has 3 heteroatoms. The average Bonchev–Trinajstić information content (AvgIpc) is 3.33. The molecule has 3 saturated carbocycles. The van der Waals surface area contributed by atoms with Crippen molar-refractivity contribution in [3.63, 3.8) is 0 Å². The second-order valence-electron chi connectivity index (χ2n) is 11.4. The molecule has 4 aliphatic carbocycles. The van der Waals surface area contributed by atoms with Gasteiger partial charge in [-0.05, 0) is 113 Å². The molecule has 6 atom stereocenters. The van der Waals surface area contributed by atoms with Crippen molar-refractivity contribution in [1.29, 1.82) is 0 Å². The Kier molecular flexibility index (Phi) is 5.44. The van der Waals surface area contributed by atoms with Gasteiger partial charge in [-0.3, -0.25) is 4.99 Å². The lowest BCUT2D eigenvalue weighted by molar-refractivity contribution is -0.0209. The molecule has 0 spiro atoms. The van der Waals surface area contributed by atoms with Crippen molar-refractivity contribution in [3.05, 3.63) is 11.6 Å². The zero-order chi connectivity index (χ0) is 20.1. The van der Waals surface area contributed by atoms with E-state index in [1.54, 1.807) is 11.3 Å². The first kappa shape index (κ1) is 20.2. The molecule has 3 nitrogen and oxygen atoms in total. The summed E-state index contributed by atoms with van der Waals surface area (Å²) in [7, 11) is 0. The van der Waals surface area contributed by atoms with E-state index in [4.69, 9.17) is 4.99 Å². The van der Waals surface area contributed by atoms with Crippen LogP contribution in [0, 0.1) is 28.6 Å². The van der Waals surface area contributed by atoms with Crippen molar-refractivity contribution >= 4 is 5.71 Å². The molecule has 0 unspecified atom stereocenters. The summed E-state index contributed by atoms with van der Waals surface area (Å²) in [6.45, 7) is 10.0. The zero-order valence-electron chi connectivity index (χ0n) is 18.8. The topological polar surface area (TPSA) is 35.8 Å². The van der Waals surface area contributed by atoms with Crippen molar-refractivity contribution in [2.45, 2.75) is 90.6 Å². The molecule has 29 heavy (non-hydrogen) atoms. The summed E-state index contributed by atoms with van der Waals surface area (Å²) in [5.41, 5.74) is 3.89. The van der Waals surface area contributed by atoms with E-state index in [0.29, 0.717) is 10.8 Å². The van der Waals surface area contributed by atoms with E-state index in [1.165, 1.54) is 77.4 Å². The number of allylic oxidation sites excluding steroid dienone is 1. The highest BCUT2D eigenvalue weighted by Gasteiger charge is 2.57. The van der Waals surface area contributed by atoms with Crippen molar-refractivity contribution in [1.82, 2.24) is 4.90 Å². The second kappa shape index (κ2) is 7.79. The van der Waals surface area contributed by atoms with E-state index in [1.807, 2.05) is 0 Å². The molecule has 5 aliphatic rings. The standard InChI is InChI=1S/C26H42N2O/c1-25-12-10-20(29)18-19(25)6-7-21-22-8-9-24(26(22,2)13-11-23(21)25)27-14-5-17-28-15-3-4-16-28/h6,20-23,29H,3-5,7-18H2,1-2H3/t20-,21-,22-,23-,25-,26-/m0/s1. The molecule has 0 bridgehead atoms. The fourth-order valence-corrected chi connectivity index (χ4v) is 8.20. The first-order valence-electron chi connectivity index (χ1n) is 12.6. The number of aliphatic hydroxyl groups excluding tert-OH is 1. The summed E-state index contributed by atoms with van der Waals surface area (Å²) in [6, 6.07) is 0. The van der Waals surface area contributed by atoms with Gasteiger partial charge in [0.05, 0.1) is 6.10 Å². The molecule has 0 radical (unpaired) electrons. The van der Waals surface area contributed by atoms with Crippen LogP contribution in [0.1, 0.15) is 84.5 Å². The minimum atomic E-state index is -0.0921. The van der Waals surface area contributed by atoms with E-state index in [0.717, 1.165) is 37.1 Å². The number of aliphatic hydroxyl groups is 1. The van der Waals surface area contributed by atoms with E-state index >= 15 is 0 Å². The van der Waals surface area contributed by atoms with Crippen LogP contribution in [0.2, 0.25) is 0 Å². The Labute approximate surface area is 178 Å². The predicted octanol–water partition coefficient (Wildman–Crippen LogP) is 5.24. The van der Waals surface area contributed by atoms with Gasteiger partial charge in [-0.15, -0.1) is 0 Å². The molecule has 0 aromatic heterocycles. The Morgan fingerprint density at radius 3 is 2.66 bits per heavy atom. The third-order valence-corrected chi connectivity index (χ3v) is 9.95. The van der Waals surface area contributed by atoms with Gasteiger partial charge in [0, 0.05) is 17.7 Å². The number of rotatable bonds is 4. The van der Waals surface area contributed by atoms with Crippen LogP contribution >= 0.6 is 0 Å². The summed E-state index contributed by atoms with van der Waals surface area (Å²) in [4.78, 5) is 7.85. The van der Waals surface area contributed by atoms with Crippen molar-refractivity contribution in [2.75, 3.05) is 26.2 Å². The maximum absolute atomic E-state index is 10.2. The van der Waals surface area contributed by atoms with Crippen LogP contribution in [0.3, 0.4) is 0 Å². The third-order valence-electron chi connectivity index (χ3n) is 9.95.